The zero-order chi connectivity index (χ0) is 14.2. The molecule has 0 aliphatic carbocycles. The third kappa shape index (κ3) is 2.41. The summed E-state index contributed by atoms with van der Waals surface area (Å²) in [7, 11) is 23.6. The number of benzene rings is 1. The van der Waals surface area contributed by atoms with Gasteiger partial charge in [-0.3, -0.25) is 0 Å². The van der Waals surface area contributed by atoms with Gasteiger partial charge in [-0.25, -0.2) is 0 Å². The van der Waals surface area contributed by atoms with Crippen LogP contribution in [-0.4, -0.2) is 60.0 Å². The van der Waals surface area contributed by atoms with Gasteiger partial charge in [0, 0.05) is 23.2 Å². The first kappa shape index (κ1) is 14.1. The Labute approximate surface area is 117 Å². The van der Waals surface area contributed by atoms with Gasteiger partial charge >= 0.3 is 0 Å². The standard InChI is InChI=1S/C13H15B3N2O/c1-18(2)13(15,16)12(14)10-7-17-11-6-8(19-3)4-5-9(10)11/h4-7,12,17H,1-3H3. The number of likely N-dealkylation sites (N-methyl/N-ethyl adjacent to an activating group) is 1. The van der Waals surface area contributed by atoms with Crippen LogP contribution in [0.25, 0.3) is 10.9 Å². The van der Waals surface area contributed by atoms with Crippen LogP contribution in [0.2, 0.25) is 0 Å². The molecule has 0 fully saturated rings. The number of hydrogen-bond donors (Lipinski definition) is 1. The van der Waals surface area contributed by atoms with Crippen LogP contribution in [0.1, 0.15) is 11.4 Å². The predicted octanol–water partition coefficient (Wildman–Crippen LogP) is 0.938. The van der Waals surface area contributed by atoms with Gasteiger partial charge in [0.1, 0.15) is 5.75 Å². The highest BCUT2D eigenvalue weighted by Crippen LogP contribution is 2.32. The van der Waals surface area contributed by atoms with Gasteiger partial charge in [0.15, 0.2) is 0 Å². The Kier molecular flexibility index (Phi) is 3.72. The number of ether oxygens (including phenoxy) is 1. The molecule has 0 aliphatic rings. The van der Waals surface area contributed by atoms with Crippen LogP contribution in [0.3, 0.4) is 0 Å². The summed E-state index contributed by atoms with van der Waals surface area (Å²) in [6.45, 7) is 0. The van der Waals surface area contributed by atoms with Gasteiger partial charge in [-0.1, -0.05) is 5.34 Å². The second-order valence-corrected chi connectivity index (χ2v) is 4.91. The summed E-state index contributed by atoms with van der Waals surface area (Å²) in [5.74, 6) is 0.276. The Bertz CT molecular complexity index is 580. The van der Waals surface area contributed by atoms with E-state index < -0.39 is 11.2 Å². The van der Waals surface area contributed by atoms with Crippen LogP contribution in [0.15, 0.2) is 24.4 Å². The summed E-state index contributed by atoms with van der Waals surface area (Å²) in [5, 5.41) is -0.120. The van der Waals surface area contributed by atoms with E-state index in [9.17, 15) is 0 Å². The maximum Gasteiger partial charge on any atom is 0.120 e. The molecule has 6 heteroatoms. The van der Waals surface area contributed by atoms with Gasteiger partial charge in [-0.2, -0.15) is 0 Å². The van der Waals surface area contributed by atoms with E-state index in [-0.39, 0.29) is 0 Å². The zero-order valence-corrected chi connectivity index (χ0v) is 11.5. The maximum atomic E-state index is 6.21. The normalized spacial score (nSPS) is 13.9. The van der Waals surface area contributed by atoms with Crippen molar-refractivity contribution in [2.75, 3.05) is 21.2 Å². The van der Waals surface area contributed by atoms with Crippen molar-refractivity contribution in [3.05, 3.63) is 30.0 Å². The molecular weight excluding hydrogens is 233 g/mol. The molecule has 6 radical (unpaired) electrons. The molecule has 1 aromatic heterocycles. The first-order valence-corrected chi connectivity index (χ1v) is 6.03. The average Bonchev–Trinajstić information content (AvgIpc) is 2.79. The Morgan fingerprint density at radius 1 is 1.32 bits per heavy atom. The monoisotopic (exact) mass is 248 g/mol. The van der Waals surface area contributed by atoms with Gasteiger partial charge in [0.25, 0.3) is 0 Å². The van der Waals surface area contributed by atoms with E-state index in [4.69, 9.17) is 28.3 Å². The van der Waals surface area contributed by atoms with Crippen molar-refractivity contribution in [3.8, 4) is 5.75 Å². The zero-order valence-electron chi connectivity index (χ0n) is 11.5. The number of aromatic amines is 1. The molecule has 1 aromatic carbocycles. The average molecular weight is 248 g/mol. The second kappa shape index (κ2) is 5.01. The molecule has 2 rings (SSSR count). The van der Waals surface area contributed by atoms with Crippen LogP contribution in [0, 0.1) is 0 Å². The Morgan fingerprint density at radius 3 is 2.58 bits per heavy atom. The summed E-state index contributed by atoms with van der Waals surface area (Å²) in [6, 6.07) is 5.75. The van der Waals surface area contributed by atoms with Gasteiger partial charge in [0.2, 0.25) is 0 Å². The lowest BCUT2D eigenvalue weighted by Crippen LogP contribution is -2.50. The lowest BCUT2D eigenvalue weighted by atomic mass is 9.47. The minimum absolute atomic E-state index is 0.510. The van der Waals surface area contributed by atoms with E-state index in [1.807, 2.05) is 24.4 Å². The highest BCUT2D eigenvalue weighted by molar-refractivity contribution is 6.44. The molecule has 0 amide bonds. The number of fused-ring (bicyclic) bond motifs is 1. The van der Waals surface area contributed by atoms with Crippen LogP contribution in [-0.2, 0) is 0 Å². The highest BCUT2D eigenvalue weighted by Gasteiger charge is 2.29. The fourth-order valence-electron chi connectivity index (χ4n) is 2.04. The summed E-state index contributed by atoms with van der Waals surface area (Å²) in [5.41, 5.74) is 1.83. The number of nitrogens with zero attached hydrogens (tertiary/aromatic N) is 1. The molecule has 19 heavy (non-hydrogen) atoms. The van der Waals surface area contributed by atoms with E-state index in [0.29, 0.717) is 0 Å². The highest BCUT2D eigenvalue weighted by atomic mass is 16.5. The molecule has 92 valence electrons. The fraction of sp³-hybridized carbons (Fsp3) is 0.385. The Hall–Kier alpha value is -1.29. The molecule has 0 saturated carbocycles. The number of rotatable bonds is 4. The number of aromatic nitrogens is 1. The Balaban J connectivity index is 2.46. The predicted molar refractivity (Wildman–Crippen MR) is 81.3 cm³/mol. The molecule has 1 heterocycles. The number of nitrogens with one attached hydrogen (secondary N) is 1. The number of methoxy groups -OCH3 is 1. The minimum atomic E-state index is -1.12. The molecule has 0 saturated heterocycles. The largest absolute Gasteiger partial charge is 0.497 e. The molecule has 0 bridgehead atoms. The van der Waals surface area contributed by atoms with Crippen molar-refractivity contribution < 1.29 is 4.74 Å². The smallest absolute Gasteiger partial charge is 0.120 e. The van der Waals surface area contributed by atoms with Crippen LogP contribution >= 0.6 is 0 Å². The molecular formula is C13H15B3N2O. The maximum absolute atomic E-state index is 6.21. The molecule has 3 nitrogen and oxygen atoms in total. The van der Waals surface area contributed by atoms with Crippen LogP contribution in [0.5, 0.6) is 5.75 Å². The quantitative estimate of drug-likeness (QED) is 0.815. The van der Waals surface area contributed by atoms with Crippen molar-refractivity contribution in [2.45, 2.75) is 11.2 Å². The third-order valence-electron chi connectivity index (χ3n) is 3.53. The summed E-state index contributed by atoms with van der Waals surface area (Å²) in [6.07, 6.45) is 1.84. The van der Waals surface area contributed by atoms with Crippen LogP contribution in [0.4, 0.5) is 0 Å². The summed E-state index contributed by atoms with van der Waals surface area (Å²) in [4.78, 5) is 4.87. The number of H-pyrrole nitrogens is 1. The van der Waals surface area contributed by atoms with E-state index in [1.54, 1.807) is 26.1 Å². The second-order valence-electron chi connectivity index (χ2n) is 4.91. The Morgan fingerprint density at radius 2 is 2.00 bits per heavy atom. The fourth-order valence-corrected chi connectivity index (χ4v) is 2.04. The molecule has 0 spiro atoms. The van der Waals surface area contributed by atoms with E-state index in [2.05, 4.69) is 4.98 Å². The van der Waals surface area contributed by atoms with Gasteiger partial charge in [0.05, 0.1) is 30.6 Å². The molecule has 0 aliphatic heterocycles. The topological polar surface area (TPSA) is 28.3 Å². The number of hydrogen-bond acceptors (Lipinski definition) is 2. The van der Waals surface area contributed by atoms with Gasteiger partial charge in [-0.05, 0) is 37.6 Å². The van der Waals surface area contributed by atoms with Crippen molar-refractivity contribution in [1.29, 1.82) is 0 Å². The van der Waals surface area contributed by atoms with E-state index >= 15 is 0 Å². The molecule has 1 unspecified atom stereocenters. The van der Waals surface area contributed by atoms with Gasteiger partial charge < -0.3 is 14.6 Å². The van der Waals surface area contributed by atoms with Crippen LogP contribution < -0.4 is 4.74 Å². The molecule has 2 aromatic rings. The van der Waals surface area contributed by atoms with Crippen molar-refractivity contribution >= 4 is 34.4 Å². The first-order valence-electron chi connectivity index (χ1n) is 6.03. The van der Waals surface area contributed by atoms with E-state index in [0.717, 1.165) is 22.2 Å². The van der Waals surface area contributed by atoms with E-state index in [1.165, 1.54) is 0 Å². The first-order chi connectivity index (χ1) is 8.87. The van der Waals surface area contributed by atoms with Crippen molar-refractivity contribution in [2.24, 2.45) is 0 Å². The molecule has 1 atom stereocenters. The van der Waals surface area contributed by atoms with Gasteiger partial charge in [-0.15, -0.1) is 0 Å². The summed E-state index contributed by atoms with van der Waals surface area (Å²) < 4.78 is 5.19. The summed E-state index contributed by atoms with van der Waals surface area (Å²) >= 11 is 0. The van der Waals surface area contributed by atoms with Crippen molar-refractivity contribution in [3.63, 3.8) is 0 Å². The SMILES string of the molecule is [B]C(c1c[nH]c2cc(OC)ccc12)C([B])([B])N(C)C. The third-order valence-corrected chi connectivity index (χ3v) is 3.53. The minimum Gasteiger partial charge on any atom is -0.497 e. The molecule has 1 N–H and O–H groups in total. The van der Waals surface area contributed by atoms with Crippen molar-refractivity contribution in [1.82, 2.24) is 9.88 Å². The lowest BCUT2D eigenvalue weighted by Gasteiger charge is -2.40. The lowest BCUT2D eigenvalue weighted by molar-refractivity contribution is 0.327.